The van der Waals surface area contributed by atoms with Gasteiger partial charge in [-0.15, -0.1) is 35.3 Å². The molecule has 0 fully saturated rings. The van der Waals surface area contributed by atoms with Crippen molar-refractivity contribution in [3.05, 3.63) is 40.1 Å². The molecule has 0 saturated heterocycles. The summed E-state index contributed by atoms with van der Waals surface area (Å²) in [7, 11) is 3.80. The van der Waals surface area contributed by atoms with Crippen molar-refractivity contribution in [2.24, 2.45) is 12.0 Å². The largest absolute Gasteiger partial charge is 0.353 e. The number of halogens is 1. The number of hydrogen-bond acceptors (Lipinski definition) is 3. The van der Waals surface area contributed by atoms with Crippen LogP contribution in [0.15, 0.2) is 28.7 Å². The number of nitrogens with one attached hydrogen (secondary N) is 2. The summed E-state index contributed by atoms with van der Waals surface area (Å²) >= 11 is 1.66. The van der Waals surface area contributed by atoms with Crippen LogP contribution in [0.1, 0.15) is 16.4 Å². The predicted octanol–water partition coefficient (Wildman–Crippen LogP) is 2.27. The molecular formula is C13H20IN5S. The van der Waals surface area contributed by atoms with Gasteiger partial charge in [-0.2, -0.15) is 0 Å². The summed E-state index contributed by atoms with van der Waals surface area (Å²) in [5, 5.41) is 9.66. The minimum atomic E-state index is 0. The van der Waals surface area contributed by atoms with E-state index in [1.807, 2.05) is 26.2 Å². The maximum atomic E-state index is 4.41. The van der Waals surface area contributed by atoms with Crippen LogP contribution in [0.4, 0.5) is 0 Å². The second-order valence-electron chi connectivity index (χ2n) is 4.27. The van der Waals surface area contributed by atoms with Gasteiger partial charge in [-0.25, -0.2) is 4.98 Å². The lowest BCUT2D eigenvalue weighted by Gasteiger charge is -2.11. The Bertz CT molecular complexity index is 561. The molecule has 0 atom stereocenters. The first-order chi connectivity index (χ1) is 9.19. The fourth-order valence-electron chi connectivity index (χ4n) is 1.72. The second kappa shape index (κ2) is 8.25. The Hall–Kier alpha value is -1.09. The van der Waals surface area contributed by atoms with Crippen LogP contribution in [0.25, 0.3) is 0 Å². The molecule has 5 nitrogen and oxygen atoms in total. The van der Waals surface area contributed by atoms with Crippen LogP contribution in [-0.2, 0) is 20.1 Å². The summed E-state index contributed by atoms with van der Waals surface area (Å²) in [4.78, 5) is 8.61. The number of thiazole rings is 1. The monoisotopic (exact) mass is 405 g/mol. The van der Waals surface area contributed by atoms with Gasteiger partial charge in [0.25, 0.3) is 0 Å². The van der Waals surface area contributed by atoms with E-state index >= 15 is 0 Å². The molecule has 0 unspecified atom stereocenters. The van der Waals surface area contributed by atoms with Crippen LogP contribution in [0.5, 0.6) is 0 Å². The molecule has 20 heavy (non-hydrogen) atoms. The van der Waals surface area contributed by atoms with E-state index in [0.29, 0.717) is 6.54 Å². The normalized spacial score (nSPS) is 11.1. The highest BCUT2D eigenvalue weighted by atomic mass is 127. The lowest BCUT2D eigenvalue weighted by molar-refractivity contribution is 0.748. The van der Waals surface area contributed by atoms with Crippen molar-refractivity contribution in [3.63, 3.8) is 0 Å². The van der Waals surface area contributed by atoms with Crippen molar-refractivity contribution >= 4 is 41.3 Å². The van der Waals surface area contributed by atoms with E-state index in [9.17, 15) is 0 Å². The summed E-state index contributed by atoms with van der Waals surface area (Å²) in [6.07, 6.45) is 2.03. The average Bonchev–Trinajstić information content (AvgIpc) is 2.99. The topological polar surface area (TPSA) is 54.2 Å². The number of nitrogens with zero attached hydrogens (tertiary/aromatic N) is 3. The Morgan fingerprint density at radius 2 is 2.15 bits per heavy atom. The van der Waals surface area contributed by atoms with E-state index in [0.717, 1.165) is 23.2 Å². The highest BCUT2D eigenvalue weighted by Gasteiger charge is 2.02. The summed E-state index contributed by atoms with van der Waals surface area (Å²) in [5.41, 5.74) is 2.28. The first-order valence-corrected chi connectivity index (χ1v) is 7.02. The lowest BCUT2D eigenvalue weighted by Crippen LogP contribution is -2.36. The Balaban J connectivity index is 0.00000200. The van der Waals surface area contributed by atoms with Crippen molar-refractivity contribution in [1.82, 2.24) is 20.2 Å². The fourth-order valence-corrected chi connectivity index (χ4v) is 2.43. The molecule has 2 heterocycles. The Morgan fingerprint density at radius 3 is 2.70 bits per heavy atom. The third kappa shape index (κ3) is 4.78. The zero-order chi connectivity index (χ0) is 13.7. The van der Waals surface area contributed by atoms with E-state index in [4.69, 9.17) is 0 Å². The predicted molar refractivity (Wildman–Crippen MR) is 94.7 cm³/mol. The van der Waals surface area contributed by atoms with Crippen LogP contribution in [0.3, 0.4) is 0 Å². The first-order valence-electron chi connectivity index (χ1n) is 6.15. The summed E-state index contributed by atoms with van der Waals surface area (Å²) in [6.45, 7) is 3.45. The molecule has 0 aromatic carbocycles. The Kier molecular flexibility index (Phi) is 7.00. The molecule has 0 saturated carbocycles. The molecule has 0 aliphatic carbocycles. The van der Waals surface area contributed by atoms with Gasteiger partial charge in [0, 0.05) is 37.1 Å². The van der Waals surface area contributed by atoms with E-state index in [2.05, 4.69) is 36.6 Å². The van der Waals surface area contributed by atoms with Crippen molar-refractivity contribution in [3.8, 4) is 0 Å². The maximum absolute atomic E-state index is 4.41. The number of aromatic nitrogens is 2. The number of aryl methyl sites for hydroxylation is 2. The summed E-state index contributed by atoms with van der Waals surface area (Å²) in [5.74, 6) is 0.786. The quantitative estimate of drug-likeness (QED) is 0.466. The number of hydrogen-bond donors (Lipinski definition) is 2. The van der Waals surface area contributed by atoms with Crippen LogP contribution >= 0.6 is 35.3 Å². The molecule has 2 N–H and O–H groups in total. The van der Waals surface area contributed by atoms with Gasteiger partial charge in [0.15, 0.2) is 5.96 Å². The van der Waals surface area contributed by atoms with Gasteiger partial charge in [0.1, 0.15) is 5.01 Å². The van der Waals surface area contributed by atoms with Crippen molar-refractivity contribution < 1.29 is 0 Å². The highest BCUT2D eigenvalue weighted by molar-refractivity contribution is 14.0. The lowest BCUT2D eigenvalue weighted by atomic mass is 10.4. The third-order valence-electron chi connectivity index (χ3n) is 2.79. The van der Waals surface area contributed by atoms with E-state index < -0.39 is 0 Å². The van der Waals surface area contributed by atoms with Crippen molar-refractivity contribution in [2.45, 2.75) is 20.0 Å². The van der Waals surface area contributed by atoms with Gasteiger partial charge in [-0.1, -0.05) is 0 Å². The molecule has 2 rings (SSSR count). The molecule has 0 aliphatic rings. The zero-order valence-corrected chi connectivity index (χ0v) is 15.0. The van der Waals surface area contributed by atoms with E-state index in [-0.39, 0.29) is 24.0 Å². The highest BCUT2D eigenvalue weighted by Crippen LogP contribution is 2.07. The van der Waals surface area contributed by atoms with Crippen molar-refractivity contribution in [1.29, 1.82) is 0 Å². The maximum Gasteiger partial charge on any atom is 0.191 e. The van der Waals surface area contributed by atoms with E-state index in [1.165, 1.54) is 5.69 Å². The average molecular weight is 405 g/mol. The molecular weight excluding hydrogens is 385 g/mol. The van der Waals surface area contributed by atoms with Gasteiger partial charge < -0.3 is 15.2 Å². The number of rotatable bonds is 4. The van der Waals surface area contributed by atoms with Gasteiger partial charge in [0.05, 0.1) is 13.1 Å². The molecule has 0 amide bonds. The molecule has 0 spiro atoms. The van der Waals surface area contributed by atoms with Gasteiger partial charge in [0.2, 0.25) is 0 Å². The van der Waals surface area contributed by atoms with E-state index in [1.54, 1.807) is 18.4 Å². The molecule has 7 heteroatoms. The van der Waals surface area contributed by atoms with Crippen molar-refractivity contribution in [2.75, 3.05) is 7.05 Å². The molecule has 110 valence electrons. The minimum absolute atomic E-state index is 0. The SMILES string of the molecule is CN=C(NCc1nc(C)cs1)NCc1cccn1C.I. The van der Waals surface area contributed by atoms with Gasteiger partial charge in [-0.05, 0) is 19.1 Å². The van der Waals surface area contributed by atoms with Gasteiger partial charge >= 0.3 is 0 Å². The Labute approximate surface area is 140 Å². The molecule has 0 radical (unpaired) electrons. The number of aliphatic imine (C=N–C) groups is 1. The van der Waals surface area contributed by atoms with Crippen LogP contribution < -0.4 is 10.6 Å². The van der Waals surface area contributed by atoms with Crippen LogP contribution in [-0.4, -0.2) is 22.6 Å². The molecule has 2 aromatic rings. The second-order valence-corrected chi connectivity index (χ2v) is 5.22. The fraction of sp³-hybridized carbons (Fsp3) is 0.385. The summed E-state index contributed by atoms with van der Waals surface area (Å²) < 4.78 is 2.09. The molecule has 2 aromatic heterocycles. The Morgan fingerprint density at radius 1 is 1.40 bits per heavy atom. The summed E-state index contributed by atoms with van der Waals surface area (Å²) in [6, 6.07) is 4.12. The smallest absolute Gasteiger partial charge is 0.191 e. The standard InChI is InChI=1S/C13H19N5S.HI/c1-10-9-19-12(17-10)8-16-13(14-2)15-7-11-5-4-6-18(11)3;/h4-6,9H,7-8H2,1-3H3,(H2,14,15,16);1H. The third-order valence-corrected chi connectivity index (χ3v) is 3.75. The van der Waals surface area contributed by atoms with Gasteiger partial charge in [-0.3, -0.25) is 4.99 Å². The van der Waals surface area contributed by atoms with Crippen LogP contribution in [0.2, 0.25) is 0 Å². The molecule has 0 bridgehead atoms. The van der Waals surface area contributed by atoms with Crippen LogP contribution in [0, 0.1) is 6.92 Å². The number of guanidine groups is 1. The first kappa shape index (κ1) is 17.0. The molecule has 0 aliphatic heterocycles. The zero-order valence-electron chi connectivity index (χ0n) is 11.9. The minimum Gasteiger partial charge on any atom is -0.353 e.